The summed E-state index contributed by atoms with van der Waals surface area (Å²) in [6.07, 6.45) is 4.58. The van der Waals surface area contributed by atoms with E-state index in [0.29, 0.717) is 12.2 Å². The van der Waals surface area contributed by atoms with Crippen LogP contribution in [0.4, 0.5) is 0 Å². The van der Waals surface area contributed by atoms with Crippen LogP contribution in [0, 0.1) is 5.92 Å². The van der Waals surface area contributed by atoms with Gasteiger partial charge in [0.1, 0.15) is 5.78 Å². The molecule has 2 heteroatoms. The molecule has 0 aromatic heterocycles. The van der Waals surface area contributed by atoms with Gasteiger partial charge in [-0.3, -0.25) is 4.79 Å². The van der Waals surface area contributed by atoms with Crippen molar-refractivity contribution in [2.45, 2.75) is 38.4 Å². The van der Waals surface area contributed by atoms with Crippen molar-refractivity contribution >= 4 is 5.78 Å². The van der Waals surface area contributed by atoms with Crippen LogP contribution in [0.3, 0.4) is 0 Å². The van der Waals surface area contributed by atoms with Crippen molar-refractivity contribution in [3.8, 4) is 0 Å². The van der Waals surface area contributed by atoms with E-state index in [-0.39, 0.29) is 17.1 Å². The first-order valence-corrected chi connectivity index (χ1v) is 4.38. The number of carbonyl (C=O) groups is 1. The van der Waals surface area contributed by atoms with Crippen LogP contribution >= 0.6 is 0 Å². The molecule has 12 heavy (non-hydrogen) atoms. The smallest absolute Gasteiger partial charge is 0.142 e. The Morgan fingerprint density at radius 2 is 2.17 bits per heavy atom. The van der Waals surface area contributed by atoms with Crippen LogP contribution in [0.5, 0.6) is 0 Å². The summed E-state index contributed by atoms with van der Waals surface area (Å²) >= 11 is 0. The predicted molar refractivity (Wildman–Crippen MR) is 45.8 cm³/mol. The van der Waals surface area contributed by atoms with Gasteiger partial charge in [-0.2, -0.15) is 0 Å². The highest BCUT2D eigenvalue weighted by molar-refractivity contribution is 5.85. The first kappa shape index (κ1) is 7.99. The van der Waals surface area contributed by atoms with E-state index in [4.69, 9.17) is 4.74 Å². The quantitative estimate of drug-likeness (QED) is 0.512. The number of hydrogen-bond acceptors (Lipinski definition) is 2. The number of fused-ring (bicyclic) bond motifs is 2. The SMILES string of the molecule is CC1C(=O)CC2(C)C=CC1(C)O2. The minimum Gasteiger partial charge on any atom is -0.360 e. The molecule has 0 amide bonds. The second kappa shape index (κ2) is 1.99. The monoisotopic (exact) mass is 166 g/mol. The first-order valence-electron chi connectivity index (χ1n) is 4.38. The molecule has 2 aliphatic heterocycles. The predicted octanol–water partition coefficient (Wildman–Crippen LogP) is 1.70. The molecular formula is C10H14O2. The Morgan fingerprint density at radius 3 is 2.83 bits per heavy atom. The van der Waals surface area contributed by atoms with Gasteiger partial charge < -0.3 is 4.74 Å². The third-order valence-corrected chi connectivity index (χ3v) is 3.09. The van der Waals surface area contributed by atoms with Crippen LogP contribution in [0.15, 0.2) is 12.2 Å². The molecule has 0 aromatic rings. The Bertz CT molecular complexity index is 269. The van der Waals surface area contributed by atoms with Crippen LogP contribution in [0.25, 0.3) is 0 Å². The first-order chi connectivity index (χ1) is 5.45. The van der Waals surface area contributed by atoms with Crippen molar-refractivity contribution in [3.05, 3.63) is 12.2 Å². The second-order valence-electron chi connectivity index (χ2n) is 4.30. The molecule has 0 N–H and O–H groups in total. The molecule has 0 saturated carbocycles. The summed E-state index contributed by atoms with van der Waals surface area (Å²) in [5, 5.41) is 0. The molecule has 2 nitrogen and oxygen atoms in total. The van der Waals surface area contributed by atoms with E-state index in [0.717, 1.165) is 0 Å². The molecular weight excluding hydrogens is 152 g/mol. The normalized spacial score (nSPS) is 51.6. The van der Waals surface area contributed by atoms with E-state index in [2.05, 4.69) is 0 Å². The molecule has 2 rings (SSSR count). The van der Waals surface area contributed by atoms with Gasteiger partial charge in [-0.15, -0.1) is 0 Å². The van der Waals surface area contributed by atoms with Gasteiger partial charge in [-0.1, -0.05) is 19.1 Å². The average molecular weight is 166 g/mol. The lowest BCUT2D eigenvalue weighted by Crippen LogP contribution is -2.48. The van der Waals surface area contributed by atoms with E-state index in [1.165, 1.54) is 0 Å². The van der Waals surface area contributed by atoms with Crippen molar-refractivity contribution < 1.29 is 9.53 Å². The number of rotatable bonds is 0. The molecule has 0 aliphatic carbocycles. The van der Waals surface area contributed by atoms with Crippen LogP contribution in [-0.2, 0) is 9.53 Å². The fourth-order valence-corrected chi connectivity index (χ4v) is 2.06. The number of ether oxygens (including phenoxy) is 1. The Kier molecular flexibility index (Phi) is 1.33. The van der Waals surface area contributed by atoms with Crippen molar-refractivity contribution in [3.63, 3.8) is 0 Å². The fourth-order valence-electron chi connectivity index (χ4n) is 2.06. The maximum absolute atomic E-state index is 11.5. The molecule has 0 aromatic carbocycles. The highest BCUT2D eigenvalue weighted by atomic mass is 16.5. The van der Waals surface area contributed by atoms with Gasteiger partial charge in [0, 0.05) is 12.3 Å². The minimum absolute atomic E-state index is 0.00400. The minimum atomic E-state index is -0.343. The van der Waals surface area contributed by atoms with Crippen LogP contribution < -0.4 is 0 Å². The maximum atomic E-state index is 11.5. The van der Waals surface area contributed by atoms with Gasteiger partial charge in [-0.25, -0.2) is 0 Å². The Labute approximate surface area is 72.6 Å². The van der Waals surface area contributed by atoms with Gasteiger partial charge in [0.05, 0.1) is 11.2 Å². The fraction of sp³-hybridized carbons (Fsp3) is 0.700. The highest BCUT2D eigenvalue weighted by Crippen LogP contribution is 2.43. The number of Topliss-reactive ketones (excluding diaryl/α,β-unsaturated/α-hetero) is 1. The summed E-state index contributed by atoms with van der Waals surface area (Å²) in [6, 6.07) is 0. The summed E-state index contributed by atoms with van der Waals surface area (Å²) in [6.45, 7) is 5.90. The van der Waals surface area contributed by atoms with E-state index in [9.17, 15) is 4.79 Å². The molecule has 2 bridgehead atoms. The Hall–Kier alpha value is -0.630. The summed E-state index contributed by atoms with van der Waals surface area (Å²) in [5.41, 5.74) is -0.664. The third-order valence-electron chi connectivity index (χ3n) is 3.09. The lowest BCUT2D eigenvalue weighted by atomic mass is 9.83. The van der Waals surface area contributed by atoms with Crippen LogP contribution in [-0.4, -0.2) is 17.0 Å². The van der Waals surface area contributed by atoms with Crippen LogP contribution in [0.1, 0.15) is 27.2 Å². The van der Waals surface area contributed by atoms with E-state index < -0.39 is 0 Å². The molecule has 66 valence electrons. The Morgan fingerprint density at radius 1 is 1.50 bits per heavy atom. The standard InChI is InChI=1S/C10H14O2/c1-7-8(11)6-9(2)4-5-10(7,3)12-9/h4-5,7H,6H2,1-3H3. The van der Waals surface area contributed by atoms with E-state index in [1.54, 1.807) is 0 Å². The molecule has 2 heterocycles. The van der Waals surface area contributed by atoms with Gasteiger partial charge in [0.25, 0.3) is 0 Å². The topological polar surface area (TPSA) is 26.3 Å². The highest BCUT2D eigenvalue weighted by Gasteiger charge is 2.50. The average Bonchev–Trinajstić information content (AvgIpc) is 2.22. The summed E-state index contributed by atoms with van der Waals surface area (Å²) < 4.78 is 5.82. The van der Waals surface area contributed by atoms with Crippen molar-refractivity contribution in [2.24, 2.45) is 5.92 Å². The zero-order chi connectivity index (χ0) is 8.98. The third kappa shape index (κ3) is 0.876. The molecule has 3 atom stereocenters. The lowest BCUT2D eigenvalue weighted by Gasteiger charge is -2.39. The van der Waals surface area contributed by atoms with Gasteiger partial charge in [0.2, 0.25) is 0 Å². The van der Waals surface area contributed by atoms with Gasteiger partial charge in [-0.05, 0) is 13.8 Å². The van der Waals surface area contributed by atoms with Gasteiger partial charge >= 0.3 is 0 Å². The summed E-state index contributed by atoms with van der Waals surface area (Å²) in [7, 11) is 0. The molecule has 2 aliphatic rings. The lowest BCUT2D eigenvalue weighted by molar-refractivity contribution is -0.161. The van der Waals surface area contributed by atoms with Crippen molar-refractivity contribution in [1.29, 1.82) is 0 Å². The molecule has 1 fully saturated rings. The van der Waals surface area contributed by atoms with E-state index >= 15 is 0 Å². The van der Waals surface area contributed by atoms with Gasteiger partial charge in [0.15, 0.2) is 0 Å². The van der Waals surface area contributed by atoms with Crippen molar-refractivity contribution in [2.75, 3.05) is 0 Å². The summed E-state index contributed by atoms with van der Waals surface area (Å²) in [5.74, 6) is 0.320. The second-order valence-corrected chi connectivity index (χ2v) is 4.30. The zero-order valence-electron chi connectivity index (χ0n) is 7.76. The zero-order valence-corrected chi connectivity index (χ0v) is 7.76. The molecule has 0 spiro atoms. The largest absolute Gasteiger partial charge is 0.360 e. The van der Waals surface area contributed by atoms with Crippen molar-refractivity contribution in [1.82, 2.24) is 0 Å². The Balaban J connectivity index is 2.40. The summed E-state index contributed by atoms with van der Waals surface area (Å²) in [4.78, 5) is 11.5. The van der Waals surface area contributed by atoms with Crippen LogP contribution in [0.2, 0.25) is 0 Å². The van der Waals surface area contributed by atoms with E-state index in [1.807, 2.05) is 32.9 Å². The molecule has 0 radical (unpaired) electrons. The number of carbonyl (C=O) groups excluding carboxylic acids is 1. The number of hydrogen-bond donors (Lipinski definition) is 0. The number of ketones is 1. The maximum Gasteiger partial charge on any atom is 0.142 e. The molecule has 1 saturated heterocycles. The molecule has 3 unspecified atom stereocenters.